The number of hydrogen-bond donors (Lipinski definition) is 1. The second-order valence-electron chi connectivity index (χ2n) is 7.23. The summed E-state index contributed by atoms with van der Waals surface area (Å²) < 4.78 is 20.2. The Hall–Kier alpha value is -1.53. The largest absolute Gasteiger partial charge is 0.492 e. The number of piperidine rings is 1. The van der Waals surface area contributed by atoms with Gasteiger partial charge in [0.15, 0.2) is 11.6 Å². The van der Waals surface area contributed by atoms with Gasteiger partial charge < -0.3 is 20.3 Å². The van der Waals surface area contributed by atoms with Crippen molar-refractivity contribution in [3.05, 3.63) is 17.4 Å². The van der Waals surface area contributed by atoms with Gasteiger partial charge in [-0.2, -0.15) is 0 Å². The smallest absolute Gasteiger partial charge is 0.190 e. The molecule has 2 saturated heterocycles. The molecule has 0 saturated carbocycles. The summed E-state index contributed by atoms with van der Waals surface area (Å²) in [7, 11) is 3.66. The van der Waals surface area contributed by atoms with Gasteiger partial charge in [0.1, 0.15) is 0 Å². The zero-order valence-electron chi connectivity index (χ0n) is 15.7. The molecule has 0 amide bonds. The summed E-state index contributed by atoms with van der Waals surface area (Å²) >= 11 is 0. The van der Waals surface area contributed by atoms with Crippen molar-refractivity contribution in [2.24, 2.45) is 0 Å². The number of hydrogen-bond acceptors (Lipinski definition) is 5. The number of piperazine rings is 1. The first-order valence-electron chi connectivity index (χ1n) is 9.37. The summed E-state index contributed by atoms with van der Waals surface area (Å²) in [5.74, 6) is -0.134. The van der Waals surface area contributed by atoms with Gasteiger partial charge in [-0.25, -0.2) is 4.39 Å². The van der Waals surface area contributed by atoms with Crippen LogP contribution in [0.2, 0.25) is 0 Å². The van der Waals surface area contributed by atoms with Crippen molar-refractivity contribution in [2.45, 2.75) is 32.2 Å². The number of rotatable bonds is 4. The van der Waals surface area contributed by atoms with Gasteiger partial charge in [0.25, 0.3) is 0 Å². The van der Waals surface area contributed by atoms with Crippen molar-refractivity contribution in [2.75, 3.05) is 64.1 Å². The van der Waals surface area contributed by atoms with Crippen LogP contribution in [0.5, 0.6) is 5.75 Å². The Morgan fingerprint density at radius 1 is 1.16 bits per heavy atom. The van der Waals surface area contributed by atoms with Crippen molar-refractivity contribution in [3.63, 3.8) is 0 Å². The highest BCUT2D eigenvalue weighted by atomic mass is 19.1. The lowest BCUT2D eigenvalue weighted by molar-refractivity contribution is 0.0981. The fraction of sp³-hybridized carbons (Fsp3) is 0.684. The van der Waals surface area contributed by atoms with Gasteiger partial charge in [-0.05, 0) is 37.9 Å². The SMILES string of the molecule is CCc1cc(N)c(OC)c(F)c1N1CCC(N2CCN(C)CC2)CC1. The molecular weight excluding hydrogens is 319 g/mol. The quantitative estimate of drug-likeness (QED) is 0.844. The maximum absolute atomic E-state index is 15.0. The summed E-state index contributed by atoms with van der Waals surface area (Å²) in [6.07, 6.45) is 2.93. The molecule has 0 aliphatic carbocycles. The molecule has 25 heavy (non-hydrogen) atoms. The van der Waals surface area contributed by atoms with Gasteiger partial charge in [0, 0.05) is 45.3 Å². The monoisotopic (exact) mass is 350 g/mol. The van der Waals surface area contributed by atoms with Gasteiger partial charge in [-0.15, -0.1) is 0 Å². The van der Waals surface area contributed by atoms with Crippen LogP contribution in [0.3, 0.4) is 0 Å². The van der Waals surface area contributed by atoms with Gasteiger partial charge in [-0.3, -0.25) is 4.90 Å². The molecule has 0 bridgehead atoms. The highest BCUT2D eigenvalue weighted by molar-refractivity contribution is 5.68. The fourth-order valence-corrected chi connectivity index (χ4v) is 4.16. The van der Waals surface area contributed by atoms with E-state index in [9.17, 15) is 4.39 Å². The number of likely N-dealkylation sites (N-methyl/N-ethyl adjacent to an activating group) is 1. The van der Waals surface area contributed by atoms with Crippen LogP contribution in [-0.2, 0) is 6.42 Å². The van der Waals surface area contributed by atoms with Gasteiger partial charge in [-0.1, -0.05) is 6.92 Å². The highest BCUT2D eigenvalue weighted by Gasteiger charge is 2.29. The highest BCUT2D eigenvalue weighted by Crippen LogP contribution is 2.38. The normalized spacial score (nSPS) is 20.9. The third-order valence-electron chi connectivity index (χ3n) is 5.72. The van der Waals surface area contributed by atoms with Gasteiger partial charge >= 0.3 is 0 Å². The zero-order valence-corrected chi connectivity index (χ0v) is 15.7. The minimum atomic E-state index is -0.308. The molecule has 2 aliphatic rings. The van der Waals surface area contributed by atoms with E-state index in [1.54, 1.807) is 0 Å². The predicted octanol–water partition coefficient (Wildman–Crippen LogP) is 2.20. The van der Waals surface area contributed by atoms with Crippen molar-refractivity contribution in [1.82, 2.24) is 9.80 Å². The van der Waals surface area contributed by atoms with E-state index >= 15 is 0 Å². The number of nitrogens with two attached hydrogens (primary N) is 1. The molecular formula is C19H31FN4O. The Bertz CT molecular complexity index is 594. The van der Waals surface area contributed by atoms with E-state index in [1.807, 2.05) is 13.0 Å². The summed E-state index contributed by atoms with van der Waals surface area (Å²) in [6, 6.07) is 2.48. The van der Waals surface area contributed by atoms with E-state index < -0.39 is 0 Å². The molecule has 6 heteroatoms. The molecule has 140 valence electrons. The van der Waals surface area contributed by atoms with E-state index in [2.05, 4.69) is 21.7 Å². The Morgan fingerprint density at radius 3 is 2.36 bits per heavy atom. The van der Waals surface area contributed by atoms with Crippen molar-refractivity contribution in [3.8, 4) is 5.75 Å². The Kier molecular flexibility index (Phi) is 5.69. The summed E-state index contributed by atoms with van der Waals surface area (Å²) in [6.45, 7) is 8.38. The average molecular weight is 350 g/mol. The number of methoxy groups -OCH3 is 1. The lowest BCUT2D eigenvalue weighted by Gasteiger charge is -2.43. The van der Waals surface area contributed by atoms with Crippen molar-refractivity contribution in [1.29, 1.82) is 0 Å². The Morgan fingerprint density at radius 2 is 1.80 bits per heavy atom. The third kappa shape index (κ3) is 3.70. The number of anilines is 2. The molecule has 2 aliphatic heterocycles. The second-order valence-corrected chi connectivity index (χ2v) is 7.23. The predicted molar refractivity (Wildman–Crippen MR) is 101 cm³/mol. The van der Waals surface area contributed by atoms with Crippen LogP contribution in [0.25, 0.3) is 0 Å². The Balaban J connectivity index is 1.72. The molecule has 2 N–H and O–H groups in total. The summed E-state index contributed by atoms with van der Waals surface area (Å²) in [5, 5.41) is 0. The number of nitrogens with zero attached hydrogens (tertiary/aromatic N) is 3. The van der Waals surface area contributed by atoms with Gasteiger partial charge in [0.05, 0.1) is 18.5 Å². The minimum absolute atomic E-state index is 0.174. The number of nitrogen functional groups attached to an aromatic ring is 1. The lowest BCUT2D eigenvalue weighted by atomic mass is 9.99. The molecule has 2 fully saturated rings. The van der Waals surface area contributed by atoms with E-state index in [-0.39, 0.29) is 11.6 Å². The van der Waals surface area contributed by atoms with Crippen LogP contribution in [0.15, 0.2) is 6.07 Å². The first-order valence-corrected chi connectivity index (χ1v) is 9.37. The van der Waals surface area contributed by atoms with Crippen molar-refractivity contribution >= 4 is 11.4 Å². The minimum Gasteiger partial charge on any atom is -0.492 e. The molecule has 0 aromatic heterocycles. The topological polar surface area (TPSA) is 45.0 Å². The summed E-state index contributed by atoms with van der Waals surface area (Å²) in [4.78, 5) is 7.18. The lowest BCUT2D eigenvalue weighted by Crippen LogP contribution is -2.52. The zero-order chi connectivity index (χ0) is 18.0. The van der Waals surface area contributed by atoms with Crippen LogP contribution in [0.4, 0.5) is 15.8 Å². The molecule has 0 unspecified atom stereocenters. The first-order chi connectivity index (χ1) is 12.0. The first kappa shape index (κ1) is 18.3. The molecule has 0 spiro atoms. The molecule has 0 atom stereocenters. The van der Waals surface area contributed by atoms with Crippen molar-refractivity contribution < 1.29 is 9.13 Å². The van der Waals surface area contributed by atoms with Gasteiger partial charge in [0.2, 0.25) is 0 Å². The molecule has 3 rings (SSSR count). The van der Waals surface area contributed by atoms with E-state index in [4.69, 9.17) is 10.5 Å². The standard InChI is InChI=1S/C19H31FN4O/c1-4-14-13-16(21)19(25-3)17(20)18(14)24-7-5-15(6-8-24)23-11-9-22(2)10-12-23/h13,15H,4-12,21H2,1-3H3. The third-order valence-corrected chi connectivity index (χ3v) is 5.72. The maximum Gasteiger partial charge on any atom is 0.190 e. The number of halogens is 1. The van der Waals surface area contributed by atoms with E-state index in [0.717, 1.165) is 64.1 Å². The maximum atomic E-state index is 15.0. The molecule has 2 heterocycles. The average Bonchev–Trinajstić information content (AvgIpc) is 2.62. The second kappa shape index (κ2) is 7.79. The molecule has 0 radical (unpaired) electrons. The summed E-state index contributed by atoms with van der Waals surface area (Å²) in [5.41, 5.74) is 7.98. The van der Waals surface area contributed by atoms with Crippen LogP contribution < -0.4 is 15.4 Å². The number of ether oxygens (including phenoxy) is 1. The molecule has 1 aromatic rings. The fourth-order valence-electron chi connectivity index (χ4n) is 4.16. The molecule has 1 aromatic carbocycles. The Labute approximate surface area is 150 Å². The van der Waals surface area contributed by atoms with E-state index in [0.29, 0.717) is 17.4 Å². The van der Waals surface area contributed by atoms with E-state index in [1.165, 1.54) is 7.11 Å². The van der Waals surface area contributed by atoms with Crippen LogP contribution in [0.1, 0.15) is 25.3 Å². The van der Waals surface area contributed by atoms with Crippen LogP contribution >= 0.6 is 0 Å². The number of benzene rings is 1. The van der Waals surface area contributed by atoms with Crippen LogP contribution in [0, 0.1) is 5.82 Å². The number of aryl methyl sites for hydroxylation is 1. The van der Waals surface area contributed by atoms with Crippen LogP contribution in [-0.4, -0.2) is 69.3 Å². The molecule has 5 nitrogen and oxygen atoms in total.